The zero-order chi connectivity index (χ0) is 11.4. The first-order valence-electron chi connectivity index (χ1n) is 6.79. The summed E-state index contributed by atoms with van der Waals surface area (Å²) in [4.78, 5) is 2.44. The number of nitrogens with zero attached hydrogens (tertiary/aromatic N) is 1. The van der Waals surface area contributed by atoms with Crippen molar-refractivity contribution in [2.45, 2.75) is 69.7 Å². The van der Waals surface area contributed by atoms with Crippen molar-refractivity contribution in [3.05, 3.63) is 0 Å². The summed E-state index contributed by atoms with van der Waals surface area (Å²) < 4.78 is 13.4. The molecular weight excluding hydrogens is 205 g/mol. The summed E-state index contributed by atoms with van der Waals surface area (Å²) in [6.07, 6.45) is 6.51. The van der Waals surface area contributed by atoms with Crippen LogP contribution in [-0.2, 0) is 5.11 Å². The molecule has 1 heterocycles. The molecule has 0 aromatic heterocycles. The van der Waals surface area contributed by atoms with E-state index in [0.29, 0.717) is 6.04 Å². The van der Waals surface area contributed by atoms with Crippen LogP contribution in [0.5, 0.6) is 0 Å². The lowest BCUT2D eigenvalue weighted by atomic mass is 9.93. The van der Waals surface area contributed by atoms with Crippen LogP contribution < -0.4 is 0 Å². The van der Waals surface area contributed by atoms with Gasteiger partial charge in [-0.05, 0) is 38.5 Å². The van der Waals surface area contributed by atoms with Gasteiger partial charge in [-0.2, -0.15) is 0 Å². The van der Waals surface area contributed by atoms with Gasteiger partial charge < -0.3 is 4.90 Å². The zero-order valence-corrected chi connectivity index (χ0v) is 10.0. The van der Waals surface area contributed by atoms with E-state index in [0.717, 1.165) is 58.0 Å². The van der Waals surface area contributed by atoms with E-state index in [4.69, 9.17) is 0 Å². The van der Waals surface area contributed by atoms with Gasteiger partial charge in [0.1, 0.15) is 6.17 Å². The van der Waals surface area contributed by atoms with E-state index in [1.54, 1.807) is 0 Å². The Labute approximate surface area is 97.8 Å². The van der Waals surface area contributed by atoms with E-state index < -0.39 is 6.17 Å². The molecule has 1 radical (unpaired) electrons. The number of piperidine rings is 1. The second-order valence-corrected chi connectivity index (χ2v) is 5.35. The molecule has 2 unspecified atom stereocenters. The van der Waals surface area contributed by atoms with Crippen molar-refractivity contribution < 1.29 is 9.50 Å². The van der Waals surface area contributed by atoms with E-state index >= 15 is 0 Å². The van der Waals surface area contributed by atoms with Crippen LogP contribution >= 0.6 is 0 Å². The molecule has 1 saturated heterocycles. The Kier molecular flexibility index (Phi) is 4.59. The van der Waals surface area contributed by atoms with E-state index in [1.807, 2.05) is 0 Å². The van der Waals surface area contributed by atoms with E-state index in [9.17, 15) is 9.50 Å². The summed E-state index contributed by atoms with van der Waals surface area (Å²) >= 11 is 0. The highest BCUT2D eigenvalue weighted by atomic mass is 19.1. The van der Waals surface area contributed by atoms with E-state index in [2.05, 4.69) is 4.90 Å². The molecule has 2 fully saturated rings. The molecule has 0 aromatic carbocycles. The van der Waals surface area contributed by atoms with Crippen LogP contribution in [0.4, 0.5) is 4.39 Å². The monoisotopic (exact) mass is 228 g/mol. The standard InChI is InChI=1S/C13H23FNO/c14-11-3-1-2-4-12(6-5-11)15-9-7-13(16)8-10-15/h11-13H,1-10H2. The molecule has 2 aliphatic rings. The maximum absolute atomic E-state index is 13.4. The third-order valence-corrected chi connectivity index (χ3v) is 4.11. The van der Waals surface area contributed by atoms with Crippen LogP contribution in [0, 0.1) is 0 Å². The first kappa shape index (κ1) is 12.3. The summed E-state index contributed by atoms with van der Waals surface area (Å²) in [5.41, 5.74) is 0. The summed E-state index contributed by atoms with van der Waals surface area (Å²) in [5.74, 6) is 0. The van der Waals surface area contributed by atoms with Gasteiger partial charge in [-0.1, -0.05) is 12.8 Å². The molecule has 0 bridgehead atoms. The number of hydrogen-bond donors (Lipinski definition) is 0. The molecular formula is C13H23FNO. The first-order chi connectivity index (χ1) is 7.75. The molecule has 2 rings (SSSR count). The number of likely N-dealkylation sites (tertiary alicyclic amines) is 1. The maximum Gasteiger partial charge on any atom is 0.100 e. The molecule has 0 amide bonds. The van der Waals surface area contributed by atoms with Gasteiger partial charge in [-0.15, -0.1) is 0 Å². The molecule has 1 aliphatic heterocycles. The normalized spacial score (nSPS) is 35.6. The van der Waals surface area contributed by atoms with Crippen LogP contribution in [-0.4, -0.2) is 36.3 Å². The Hall–Kier alpha value is -0.150. The fourth-order valence-electron chi connectivity index (χ4n) is 3.01. The van der Waals surface area contributed by atoms with Crippen LogP contribution in [0.15, 0.2) is 0 Å². The van der Waals surface area contributed by atoms with Crippen LogP contribution in [0.25, 0.3) is 0 Å². The molecule has 3 heteroatoms. The molecule has 0 aromatic rings. The molecule has 0 N–H and O–H groups in total. The molecule has 16 heavy (non-hydrogen) atoms. The summed E-state index contributed by atoms with van der Waals surface area (Å²) in [7, 11) is 0. The van der Waals surface area contributed by atoms with Gasteiger partial charge in [0, 0.05) is 19.1 Å². The number of rotatable bonds is 1. The van der Waals surface area contributed by atoms with Crippen molar-refractivity contribution >= 4 is 0 Å². The van der Waals surface area contributed by atoms with Gasteiger partial charge in [-0.25, -0.2) is 9.50 Å². The van der Waals surface area contributed by atoms with Gasteiger partial charge in [-0.3, -0.25) is 0 Å². The molecule has 93 valence electrons. The van der Waals surface area contributed by atoms with Gasteiger partial charge in [0.2, 0.25) is 0 Å². The van der Waals surface area contributed by atoms with Crippen molar-refractivity contribution in [2.24, 2.45) is 0 Å². The summed E-state index contributed by atoms with van der Waals surface area (Å²) in [5, 5.41) is 11.3. The predicted octanol–water partition coefficient (Wildman–Crippen LogP) is 2.94. The molecule has 1 saturated carbocycles. The average molecular weight is 228 g/mol. The predicted molar refractivity (Wildman–Crippen MR) is 61.7 cm³/mol. The second-order valence-electron chi connectivity index (χ2n) is 5.35. The van der Waals surface area contributed by atoms with Gasteiger partial charge in [0.15, 0.2) is 0 Å². The Morgan fingerprint density at radius 3 is 2.31 bits per heavy atom. The summed E-state index contributed by atoms with van der Waals surface area (Å²) in [6.45, 7) is 1.88. The minimum absolute atomic E-state index is 0.348. The Morgan fingerprint density at radius 1 is 0.875 bits per heavy atom. The Balaban J connectivity index is 1.82. The molecule has 2 atom stereocenters. The third-order valence-electron chi connectivity index (χ3n) is 4.11. The molecule has 0 spiro atoms. The number of hydrogen-bond acceptors (Lipinski definition) is 1. The third kappa shape index (κ3) is 3.42. The minimum atomic E-state index is -0.583. The van der Waals surface area contributed by atoms with Crippen LogP contribution in [0.3, 0.4) is 0 Å². The highest BCUT2D eigenvalue weighted by Crippen LogP contribution is 2.25. The van der Waals surface area contributed by atoms with Crippen molar-refractivity contribution in [3.8, 4) is 0 Å². The number of halogens is 1. The fourth-order valence-corrected chi connectivity index (χ4v) is 3.01. The first-order valence-corrected chi connectivity index (χ1v) is 6.79. The lowest BCUT2D eigenvalue weighted by Gasteiger charge is -2.37. The van der Waals surface area contributed by atoms with E-state index in [1.165, 1.54) is 6.42 Å². The minimum Gasteiger partial charge on any atom is -0.300 e. The lowest BCUT2D eigenvalue weighted by Crippen LogP contribution is -2.43. The van der Waals surface area contributed by atoms with Gasteiger partial charge in [0.25, 0.3) is 0 Å². The van der Waals surface area contributed by atoms with Crippen molar-refractivity contribution in [3.63, 3.8) is 0 Å². The SMILES string of the molecule is [O]C1CCN(C2CCCCC(F)CC2)CC1. The highest BCUT2D eigenvalue weighted by Gasteiger charge is 2.26. The van der Waals surface area contributed by atoms with Gasteiger partial charge in [0.05, 0.1) is 6.10 Å². The Bertz CT molecular complexity index is 204. The van der Waals surface area contributed by atoms with Crippen LogP contribution in [0.2, 0.25) is 0 Å². The van der Waals surface area contributed by atoms with Crippen molar-refractivity contribution in [1.82, 2.24) is 4.90 Å². The number of alkyl halides is 1. The quantitative estimate of drug-likeness (QED) is 0.676. The smallest absolute Gasteiger partial charge is 0.100 e. The summed E-state index contributed by atoms with van der Waals surface area (Å²) in [6, 6.07) is 0.547. The van der Waals surface area contributed by atoms with Crippen LogP contribution in [0.1, 0.15) is 51.4 Å². The van der Waals surface area contributed by atoms with E-state index in [-0.39, 0.29) is 6.10 Å². The Morgan fingerprint density at radius 2 is 1.56 bits per heavy atom. The topological polar surface area (TPSA) is 23.1 Å². The average Bonchev–Trinajstić information content (AvgIpc) is 2.26. The molecule has 1 aliphatic carbocycles. The zero-order valence-electron chi connectivity index (χ0n) is 10.0. The fraction of sp³-hybridized carbons (Fsp3) is 1.00. The van der Waals surface area contributed by atoms with Crippen molar-refractivity contribution in [2.75, 3.05) is 13.1 Å². The highest BCUT2D eigenvalue weighted by molar-refractivity contribution is 4.80. The van der Waals surface area contributed by atoms with Gasteiger partial charge >= 0.3 is 0 Å². The maximum atomic E-state index is 13.4. The van der Waals surface area contributed by atoms with Crippen molar-refractivity contribution in [1.29, 1.82) is 0 Å². The lowest BCUT2D eigenvalue weighted by molar-refractivity contribution is 0.00974. The molecule has 2 nitrogen and oxygen atoms in total. The second kappa shape index (κ2) is 5.97. The largest absolute Gasteiger partial charge is 0.300 e.